The fourth-order valence-electron chi connectivity index (χ4n) is 1.42. The van der Waals surface area contributed by atoms with E-state index in [0.717, 1.165) is 36.4 Å². The van der Waals surface area contributed by atoms with E-state index in [-0.39, 0.29) is 0 Å². The van der Waals surface area contributed by atoms with Crippen LogP contribution in [-0.2, 0) is 6.54 Å². The van der Waals surface area contributed by atoms with Crippen molar-refractivity contribution >= 4 is 5.57 Å². The third kappa shape index (κ3) is 4.21. The van der Waals surface area contributed by atoms with Crippen LogP contribution in [0.1, 0.15) is 19.0 Å². The van der Waals surface area contributed by atoms with E-state index in [4.69, 9.17) is 0 Å². The van der Waals surface area contributed by atoms with Crippen molar-refractivity contribution in [1.82, 2.24) is 14.9 Å². The molecule has 0 unspecified atom stereocenters. The molecule has 0 saturated heterocycles. The Kier molecular flexibility index (Phi) is 5.92. The molecule has 1 heterocycles. The summed E-state index contributed by atoms with van der Waals surface area (Å²) in [6.45, 7) is 11.5. The van der Waals surface area contributed by atoms with Gasteiger partial charge in [-0.15, -0.1) is 5.73 Å². The summed E-state index contributed by atoms with van der Waals surface area (Å²) in [5.74, 6) is 0. The van der Waals surface area contributed by atoms with E-state index >= 15 is 0 Å². The number of rotatable bonds is 7. The molecule has 0 radical (unpaired) electrons. The Morgan fingerprint density at radius 2 is 2.33 bits per heavy atom. The highest BCUT2D eigenvalue weighted by molar-refractivity contribution is 5.70. The number of nitrogens with zero attached hydrogens (tertiary/aromatic N) is 2. The summed E-state index contributed by atoms with van der Waals surface area (Å²) in [6.07, 6.45) is 8.72. The van der Waals surface area contributed by atoms with Crippen molar-refractivity contribution in [2.45, 2.75) is 19.9 Å². The Morgan fingerprint density at radius 3 is 2.94 bits per heavy atom. The Morgan fingerprint density at radius 1 is 1.56 bits per heavy atom. The molecule has 0 aliphatic rings. The van der Waals surface area contributed by atoms with Crippen LogP contribution in [0.4, 0.5) is 0 Å². The van der Waals surface area contributed by atoms with Gasteiger partial charge in [-0.1, -0.05) is 31.7 Å². The molecule has 0 spiro atoms. The fourth-order valence-corrected chi connectivity index (χ4v) is 1.42. The number of hydrogen-bond donors (Lipinski definition) is 1. The second kappa shape index (κ2) is 7.49. The molecular formula is C15H21N3. The summed E-state index contributed by atoms with van der Waals surface area (Å²) >= 11 is 0. The van der Waals surface area contributed by atoms with Crippen LogP contribution in [-0.4, -0.2) is 23.1 Å². The minimum Gasteiger partial charge on any atom is -0.336 e. The molecule has 3 nitrogen and oxygen atoms in total. The minimum atomic E-state index is 0.890. The predicted octanol–water partition coefficient (Wildman–Crippen LogP) is 2.79. The lowest BCUT2D eigenvalue weighted by Gasteiger charge is -1.99. The summed E-state index contributed by atoms with van der Waals surface area (Å²) in [6, 6.07) is 0. The Hall–Kier alpha value is -1.83. The van der Waals surface area contributed by atoms with E-state index < -0.39 is 0 Å². The van der Waals surface area contributed by atoms with Crippen molar-refractivity contribution in [2.24, 2.45) is 0 Å². The molecule has 0 aliphatic heterocycles. The molecule has 0 fully saturated rings. The average Bonchev–Trinajstić information content (AvgIpc) is 2.85. The maximum absolute atomic E-state index is 4.36. The summed E-state index contributed by atoms with van der Waals surface area (Å²) < 4.78 is 2.05. The number of nitrogens with one attached hydrogen (secondary N) is 1. The van der Waals surface area contributed by atoms with Crippen LogP contribution in [0.25, 0.3) is 5.57 Å². The largest absolute Gasteiger partial charge is 0.336 e. The molecule has 1 rings (SSSR count). The van der Waals surface area contributed by atoms with Crippen LogP contribution in [0.15, 0.2) is 49.1 Å². The highest BCUT2D eigenvalue weighted by atomic mass is 15.0. The molecule has 0 atom stereocenters. The third-order valence-electron chi connectivity index (χ3n) is 2.66. The molecule has 0 aliphatic carbocycles. The van der Waals surface area contributed by atoms with Crippen LogP contribution >= 0.6 is 0 Å². The fraction of sp³-hybridized carbons (Fsp3) is 0.333. The lowest BCUT2D eigenvalue weighted by Crippen LogP contribution is -2.13. The number of likely N-dealkylation sites (N-methyl/N-ethyl adjacent to an activating group) is 1. The van der Waals surface area contributed by atoms with Gasteiger partial charge in [0.2, 0.25) is 0 Å². The van der Waals surface area contributed by atoms with Crippen LogP contribution in [0.3, 0.4) is 0 Å². The lowest BCUT2D eigenvalue weighted by molar-refractivity contribution is 0.644. The molecule has 96 valence electrons. The molecule has 0 bridgehead atoms. The van der Waals surface area contributed by atoms with Gasteiger partial charge in [0, 0.05) is 24.9 Å². The van der Waals surface area contributed by atoms with Crippen molar-refractivity contribution in [3.8, 4) is 0 Å². The van der Waals surface area contributed by atoms with Crippen LogP contribution in [0.2, 0.25) is 0 Å². The monoisotopic (exact) mass is 243 g/mol. The smallest absolute Gasteiger partial charge is 0.0959 e. The van der Waals surface area contributed by atoms with Gasteiger partial charge in [-0.25, -0.2) is 4.98 Å². The maximum Gasteiger partial charge on any atom is 0.0959 e. The van der Waals surface area contributed by atoms with E-state index in [1.807, 2.05) is 36.3 Å². The highest BCUT2D eigenvalue weighted by Crippen LogP contribution is 2.13. The second-order valence-corrected chi connectivity index (χ2v) is 4.04. The first-order valence-corrected chi connectivity index (χ1v) is 6.14. The molecule has 0 saturated carbocycles. The third-order valence-corrected chi connectivity index (χ3v) is 2.66. The van der Waals surface area contributed by atoms with Crippen LogP contribution in [0.5, 0.6) is 0 Å². The Bertz CT molecular complexity index is 474. The zero-order chi connectivity index (χ0) is 13.4. The molecule has 1 aromatic rings. The van der Waals surface area contributed by atoms with Crippen molar-refractivity contribution in [2.75, 3.05) is 13.6 Å². The van der Waals surface area contributed by atoms with Gasteiger partial charge in [-0.05, 0) is 19.5 Å². The van der Waals surface area contributed by atoms with Gasteiger partial charge in [-0.2, -0.15) is 0 Å². The first kappa shape index (κ1) is 14.2. The number of hydrogen-bond acceptors (Lipinski definition) is 2. The van der Waals surface area contributed by atoms with E-state index in [2.05, 4.69) is 36.1 Å². The number of aromatic nitrogens is 2. The molecule has 0 amide bonds. The van der Waals surface area contributed by atoms with Gasteiger partial charge < -0.3 is 9.88 Å². The van der Waals surface area contributed by atoms with E-state index in [1.54, 1.807) is 0 Å². The molecular weight excluding hydrogens is 222 g/mol. The molecule has 3 heteroatoms. The van der Waals surface area contributed by atoms with E-state index in [0.29, 0.717) is 0 Å². The zero-order valence-electron chi connectivity index (χ0n) is 11.2. The van der Waals surface area contributed by atoms with Gasteiger partial charge in [0.25, 0.3) is 0 Å². The van der Waals surface area contributed by atoms with Crippen LogP contribution < -0.4 is 5.32 Å². The number of imidazole rings is 1. The van der Waals surface area contributed by atoms with Gasteiger partial charge in [0.15, 0.2) is 0 Å². The zero-order valence-corrected chi connectivity index (χ0v) is 11.2. The van der Waals surface area contributed by atoms with Crippen molar-refractivity contribution in [3.63, 3.8) is 0 Å². The molecule has 18 heavy (non-hydrogen) atoms. The van der Waals surface area contributed by atoms with Crippen molar-refractivity contribution < 1.29 is 0 Å². The van der Waals surface area contributed by atoms with E-state index in [9.17, 15) is 0 Å². The Labute approximate surface area is 109 Å². The predicted molar refractivity (Wildman–Crippen MR) is 77.3 cm³/mol. The van der Waals surface area contributed by atoms with Crippen molar-refractivity contribution in [1.29, 1.82) is 0 Å². The van der Waals surface area contributed by atoms with Gasteiger partial charge in [0.1, 0.15) is 0 Å². The minimum absolute atomic E-state index is 0.890. The van der Waals surface area contributed by atoms with Crippen LogP contribution in [0, 0.1) is 0 Å². The standard InChI is InChI=1S/C15H21N3/c1-5-13(3)7-8-14(6-2)15-11-18(12-17-15)10-9-16-4/h7-8,11-12,16H,2-3,5,9-10H2,1,4H3/b8-7-. The van der Waals surface area contributed by atoms with Gasteiger partial charge in [-0.3, -0.25) is 0 Å². The normalized spacial score (nSPS) is 10.6. The quantitative estimate of drug-likeness (QED) is 0.589. The van der Waals surface area contributed by atoms with E-state index in [1.165, 1.54) is 0 Å². The van der Waals surface area contributed by atoms with Crippen molar-refractivity contribution in [3.05, 3.63) is 54.8 Å². The average molecular weight is 243 g/mol. The Balaban J connectivity index is 2.77. The summed E-state index contributed by atoms with van der Waals surface area (Å²) in [7, 11) is 1.94. The highest BCUT2D eigenvalue weighted by Gasteiger charge is 2.01. The SMILES string of the molecule is C=C=C(/C=C\C(=C)CC)c1cn(CCNC)cn1. The maximum atomic E-state index is 4.36. The first-order valence-electron chi connectivity index (χ1n) is 6.14. The summed E-state index contributed by atoms with van der Waals surface area (Å²) in [4.78, 5) is 4.36. The van der Waals surface area contributed by atoms with Gasteiger partial charge >= 0.3 is 0 Å². The topological polar surface area (TPSA) is 29.9 Å². The summed E-state index contributed by atoms with van der Waals surface area (Å²) in [5, 5.41) is 3.11. The molecule has 1 aromatic heterocycles. The van der Waals surface area contributed by atoms with Gasteiger partial charge in [0.05, 0.1) is 12.0 Å². The lowest BCUT2D eigenvalue weighted by atomic mass is 10.1. The molecule has 0 aromatic carbocycles. The number of allylic oxidation sites excluding steroid dienone is 4. The molecule has 1 N–H and O–H groups in total. The first-order chi connectivity index (χ1) is 8.71. The summed E-state index contributed by atoms with van der Waals surface area (Å²) in [5.41, 5.74) is 5.78. The second-order valence-electron chi connectivity index (χ2n) is 4.04.